The highest BCUT2D eigenvalue weighted by molar-refractivity contribution is 5.76. The summed E-state index contributed by atoms with van der Waals surface area (Å²) < 4.78 is 1.75. The average molecular weight is 385 g/mol. The Morgan fingerprint density at radius 2 is 1.96 bits per heavy atom. The number of carbonyl (C=O) groups is 1. The third-order valence-electron chi connectivity index (χ3n) is 6.52. The molecule has 1 unspecified atom stereocenters. The molecule has 1 atom stereocenters. The third-order valence-corrected chi connectivity index (χ3v) is 6.52. The van der Waals surface area contributed by atoms with Gasteiger partial charge in [-0.3, -0.25) is 9.69 Å². The number of aryl methyl sites for hydroxylation is 2. The molecular formula is C21H32N6O. The van der Waals surface area contributed by atoms with Gasteiger partial charge in [-0.15, -0.1) is 0 Å². The minimum atomic E-state index is 0.144. The Morgan fingerprint density at radius 3 is 2.75 bits per heavy atom. The van der Waals surface area contributed by atoms with Gasteiger partial charge in [-0.2, -0.15) is 10.1 Å². The van der Waals surface area contributed by atoms with Crippen LogP contribution >= 0.6 is 0 Å². The van der Waals surface area contributed by atoms with E-state index in [1.165, 1.54) is 44.9 Å². The van der Waals surface area contributed by atoms with Gasteiger partial charge in [-0.1, -0.05) is 25.7 Å². The van der Waals surface area contributed by atoms with Crippen LogP contribution in [0.3, 0.4) is 0 Å². The van der Waals surface area contributed by atoms with Crippen molar-refractivity contribution in [3.05, 3.63) is 23.3 Å². The summed E-state index contributed by atoms with van der Waals surface area (Å²) in [6, 6.07) is 1.03. The average Bonchev–Trinajstić information content (AvgIpc) is 3.24. The second-order valence-corrected chi connectivity index (χ2v) is 8.43. The molecule has 1 N–H and O–H groups in total. The summed E-state index contributed by atoms with van der Waals surface area (Å²) in [7, 11) is 0. The number of nitrogens with zero attached hydrogens (tertiary/aromatic N) is 5. The highest BCUT2D eigenvalue weighted by atomic mass is 16.1. The number of likely N-dealkylation sites (tertiary alicyclic amines) is 1. The molecule has 2 aromatic heterocycles. The lowest BCUT2D eigenvalue weighted by atomic mass is 10.1. The normalized spacial score (nSPS) is 21.9. The molecule has 3 heterocycles. The topological polar surface area (TPSA) is 75.4 Å². The number of hydrogen-bond donors (Lipinski definition) is 1. The van der Waals surface area contributed by atoms with E-state index in [1.54, 1.807) is 4.52 Å². The molecule has 0 spiro atoms. The zero-order valence-corrected chi connectivity index (χ0v) is 17.2. The fourth-order valence-corrected chi connectivity index (χ4v) is 4.92. The van der Waals surface area contributed by atoms with Crippen LogP contribution in [0.15, 0.2) is 6.33 Å². The Kier molecular flexibility index (Phi) is 5.90. The molecular weight excluding hydrogens is 352 g/mol. The fraction of sp³-hybridized carbons (Fsp3) is 0.714. The molecule has 0 bridgehead atoms. The van der Waals surface area contributed by atoms with Crippen molar-refractivity contribution in [2.24, 2.45) is 0 Å². The number of nitrogens with one attached hydrogen (secondary N) is 1. The molecule has 4 rings (SSSR count). The van der Waals surface area contributed by atoms with Gasteiger partial charge < -0.3 is 5.32 Å². The molecule has 0 radical (unpaired) electrons. The van der Waals surface area contributed by atoms with Crippen LogP contribution in [0.4, 0.5) is 0 Å². The van der Waals surface area contributed by atoms with Gasteiger partial charge in [0, 0.05) is 43.0 Å². The van der Waals surface area contributed by atoms with E-state index in [-0.39, 0.29) is 5.91 Å². The lowest BCUT2D eigenvalue weighted by molar-refractivity contribution is -0.121. The number of amides is 1. The number of rotatable bonds is 5. The van der Waals surface area contributed by atoms with Crippen molar-refractivity contribution in [1.29, 1.82) is 0 Å². The lowest BCUT2D eigenvalue weighted by Gasteiger charge is -2.26. The molecule has 1 aliphatic carbocycles. The lowest BCUT2D eigenvalue weighted by Crippen LogP contribution is -2.39. The molecule has 1 saturated carbocycles. The Morgan fingerprint density at radius 1 is 1.18 bits per heavy atom. The minimum absolute atomic E-state index is 0.144. The first-order valence-corrected chi connectivity index (χ1v) is 10.8. The van der Waals surface area contributed by atoms with E-state index in [9.17, 15) is 4.79 Å². The summed E-state index contributed by atoms with van der Waals surface area (Å²) in [4.78, 5) is 23.8. The Balaban J connectivity index is 1.29. The highest BCUT2D eigenvalue weighted by Crippen LogP contribution is 2.25. The van der Waals surface area contributed by atoms with Crippen LogP contribution in [0, 0.1) is 13.8 Å². The van der Waals surface area contributed by atoms with Crippen LogP contribution in [0.5, 0.6) is 0 Å². The van der Waals surface area contributed by atoms with E-state index < -0.39 is 0 Å². The zero-order valence-electron chi connectivity index (χ0n) is 17.2. The van der Waals surface area contributed by atoms with Crippen LogP contribution in [0.2, 0.25) is 0 Å². The van der Waals surface area contributed by atoms with Crippen LogP contribution in [0.25, 0.3) is 5.78 Å². The summed E-state index contributed by atoms with van der Waals surface area (Å²) in [5.74, 6) is 0.762. The van der Waals surface area contributed by atoms with Gasteiger partial charge in [0.2, 0.25) is 5.91 Å². The first-order valence-electron chi connectivity index (χ1n) is 10.8. The monoisotopic (exact) mass is 384 g/mol. The predicted octanol–water partition coefficient (Wildman–Crippen LogP) is 2.59. The summed E-state index contributed by atoms with van der Waals surface area (Å²) in [5.41, 5.74) is 3.05. The molecule has 2 aromatic rings. The predicted molar refractivity (Wildman–Crippen MR) is 108 cm³/mol. The van der Waals surface area contributed by atoms with Gasteiger partial charge in [-0.25, -0.2) is 9.50 Å². The van der Waals surface area contributed by atoms with Crippen LogP contribution in [-0.2, 0) is 11.2 Å². The van der Waals surface area contributed by atoms with Crippen LogP contribution in [0.1, 0.15) is 68.3 Å². The molecule has 1 aliphatic heterocycles. The van der Waals surface area contributed by atoms with Crippen molar-refractivity contribution in [2.45, 2.75) is 83.7 Å². The quantitative estimate of drug-likeness (QED) is 0.802. The Labute approximate surface area is 166 Å². The van der Waals surface area contributed by atoms with Crippen LogP contribution < -0.4 is 5.32 Å². The Hall–Kier alpha value is -2.02. The minimum Gasteiger partial charge on any atom is -0.352 e. The van der Waals surface area contributed by atoms with Crippen molar-refractivity contribution >= 4 is 11.7 Å². The second-order valence-electron chi connectivity index (χ2n) is 8.43. The van der Waals surface area contributed by atoms with E-state index in [1.807, 2.05) is 13.8 Å². The van der Waals surface area contributed by atoms with Gasteiger partial charge in [0.05, 0.1) is 0 Å². The summed E-state index contributed by atoms with van der Waals surface area (Å²) >= 11 is 0. The summed E-state index contributed by atoms with van der Waals surface area (Å²) in [6.07, 6.45) is 11.9. The van der Waals surface area contributed by atoms with Gasteiger partial charge in [-0.05, 0) is 45.1 Å². The molecule has 0 aromatic carbocycles. The van der Waals surface area contributed by atoms with Crippen molar-refractivity contribution in [1.82, 2.24) is 29.8 Å². The number of fused-ring (bicyclic) bond motifs is 1. The van der Waals surface area contributed by atoms with Gasteiger partial charge >= 0.3 is 0 Å². The standard InChI is InChI=1S/C21H32N6O/c1-15-19(16(2)27-21(24-15)22-14-23-27)9-10-20(28)25-17-11-12-26(13-17)18-7-5-3-4-6-8-18/h14,17-18H,3-13H2,1-2H3,(H,25,28). The van der Waals surface area contributed by atoms with E-state index in [2.05, 4.69) is 25.3 Å². The number of hydrogen-bond acceptors (Lipinski definition) is 5. The first kappa shape index (κ1) is 19.3. The van der Waals surface area contributed by atoms with Crippen molar-refractivity contribution in [3.8, 4) is 0 Å². The smallest absolute Gasteiger partial charge is 0.252 e. The van der Waals surface area contributed by atoms with Gasteiger partial charge in [0.25, 0.3) is 5.78 Å². The molecule has 7 nitrogen and oxygen atoms in total. The van der Waals surface area contributed by atoms with Crippen LogP contribution in [-0.4, -0.2) is 55.6 Å². The summed E-state index contributed by atoms with van der Waals surface area (Å²) in [6.45, 7) is 6.14. The summed E-state index contributed by atoms with van der Waals surface area (Å²) in [5, 5.41) is 7.50. The fourth-order valence-electron chi connectivity index (χ4n) is 4.92. The maximum Gasteiger partial charge on any atom is 0.252 e. The maximum atomic E-state index is 12.6. The van der Waals surface area contributed by atoms with Gasteiger partial charge in [0.15, 0.2) is 0 Å². The van der Waals surface area contributed by atoms with E-state index in [4.69, 9.17) is 0 Å². The SMILES string of the molecule is Cc1nc2ncnn2c(C)c1CCC(=O)NC1CCN(C2CCCCCC2)C1. The first-order chi connectivity index (χ1) is 13.6. The number of carbonyl (C=O) groups excluding carboxylic acids is 1. The molecule has 1 amide bonds. The largest absolute Gasteiger partial charge is 0.352 e. The van der Waals surface area contributed by atoms with E-state index in [0.29, 0.717) is 24.7 Å². The molecule has 2 fully saturated rings. The second kappa shape index (κ2) is 8.55. The van der Waals surface area contributed by atoms with Crippen molar-refractivity contribution < 1.29 is 4.79 Å². The van der Waals surface area contributed by atoms with Crippen molar-refractivity contribution in [3.63, 3.8) is 0 Å². The zero-order chi connectivity index (χ0) is 19.5. The molecule has 28 heavy (non-hydrogen) atoms. The third kappa shape index (κ3) is 4.19. The molecule has 152 valence electrons. The molecule has 1 saturated heterocycles. The molecule has 7 heteroatoms. The van der Waals surface area contributed by atoms with E-state index >= 15 is 0 Å². The molecule has 2 aliphatic rings. The Bertz CT molecular complexity index is 824. The number of aromatic nitrogens is 4. The van der Waals surface area contributed by atoms with E-state index in [0.717, 1.165) is 42.5 Å². The highest BCUT2D eigenvalue weighted by Gasteiger charge is 2.29. The van der Waals surface area contributed by atoms with Crippen molar-refractivity contribution in [2.75, 3.05) is 13.1 Å². The van der Waals surface area contributed by atoms with Gasteiger partial charge in [0.1, 0.15) is 6.33 Å². The maximum absolute atomic E-state index is 12.6.